The molecule has 0 aliphatic heterocycles. The monoisotopic (exact) mass is 239 g/mol. The summed E-state index contributed by atoms with van der Waals surface area (Å²) >= 11 is 0. The zero-order valence-corrected chi connectivity index (χ0v) is 11.0. The van der Waals surface area contributed by atoms with Gasteiger partial charge in [0.2, 0.25) is 0 Å². The molecule has 0 saturated heterocycles. The third-order valence-electron chi connectivity index (χ3n) is 2.94. The minimum atomic E-state index is 0.165. The quantitative estimate of drug-likeness (QED) is 0.872. The summed E-state index contributed by atoms with van der Waals surface area (Å²) < 4.78 is 0. The molecule has 3 nitrogen and oxygen atoms in total. The molecule has 0 bridgehead atoms. The summed E-state index contributed by atoms with van der Waals surface area (Å²) in [6, 6.07) is 10.5. The smallest absolute Gasteiger partial charge is 0.120 e. The van der Waals surface area contributed by atoms with Crippen LogP contribution in [0.25, 0.3) is 11.3 Å². The fraction of sp³-hybridized carbons (Fsp3) is 0.333. The lowest BCUT2D eigenvalue weighted by Gasteiger charge is -2.18. The second kappa shape index (κ2) is 4.66. The van der Waals surface area contributed by atoms with Gasteiger partial charge in [-0.15, -0.1) is 0 Å². The minimum Gasteiger partial charge on any atom is -0.341 e. The molecule has 2 aromatic rings. The molecular formula is C15H17N3. The van der Waals surface area contributed by atoms with Crippen LogP contribution >= 0.6 is 0 Å². The number of nitrogens with zero attached hydrogens (tertiary/aromatic N) is 2. The zero-order valence-electron chi connectivity index (χ0n) is 11.0. The van der Waals surface area contributed by atoms with Crippen LogP contribution in [0.3, 0.4) is 0 Å². The van der Waals surface area contributed by atoms with Gasteiger partial charge in [-0.25, -0.2) is 4.98 Å². The summed E-state index contributed by atoms with van der Waals surface area (Å²) in [6.45, 7) is 6.59. The van der Waals surface area contributed by atoms with Crippen LogP contribution in [0.1, 0.15) is 32.2 Å². The van der Waals surface area contributed by atoms with E-state index in [0.717, 1.165) is 11.3 Å². The average molecular weight is 239 g/mol. The van der Waals surface area contributed by atoms with Crippen molar-refractivity contribution in [2.45, 2.75) is 32.6 Å². The standard InChI is InChI=1S/C15H17N3/c1-15(2,3)12-6-4-11(5-7-12)13-10-17-14(18-13)8-9-16/h4-7,10H,8H2,1-3H3,(H,17,18). The van der Waals surface area contributed by atoms with Crippen LogP contribution in [-0.4, -0.2) is 9.97 Å². The highest BCUT2D eigenvalue weighted by Crippen LogP contribution is 2.25. The van der Waals surface area contributed by atoms with Crippen LogP contribution in [0.15, 0.2) is 30.5 Å². The van der Waals surface area contributed by atoms with Gasteiger partial charge in [-0.05, 0) is 16.5 Å². The van der Waals surface area contributed by atoms with Crippen molar-refractivity contribution < 1.29 is 0 Å². The van der Waals surface area contributed by atoms with E-state index >= 15 is 0 Å². The summed E-state index contributed by atoms with van der Waals surface area (Å²) in [4.78, 5) is 7.33. The van der Waals surface area contributed by atoms with Crippen molar-refractivity contribution in [1.82, 2.24) is 9.97 Å². The predicted octanol–water partition coefficient (Wildman–Crippen LogP) is 3.44. The molecule has 92 valence electrons. The van der Waals surface area contributed by atoms with Crippen molar-refractivity contribution in [3.63, 3.8) is 0 Å². The van der Waals surface area contributed by atoms with Gasteiger partial charge in [0.15, 0.2) is 0 Å². The van der Waals surface area contributed by atoms with E-state index in [1.807, 2.05) is 0 Å². The van der Waals surface area contributed by atoms with E-state index in [0.29, 0.717) is 12.2 Å². The van der Waals surface area contributed by atoms with Crippen molar-refractivity contribution in [2.24, 2.45) is 0 Å². The normalized spacial score (nSPS) is 11.2. The van der Waals surface area contributed by atoms with Crippen LogP contribution in [-0.2, 0) is 11.8 Å². The first-order valence-corrected chi connectivity index (χ1v) is 6.02. The fourth-order valence-corrected chi connectivity index (χ4v) is 1.82. The molecule has 0 unspecified atom stereocenters. The summed E-state index contributed by atoms with van der Waals surface area (Å²) in [5.41, 5.74) is 3.53. The summed E-state index contributed by atoms with van der Waals surface area (Å²) in [6.07, 6.45) is 2.10. The van der Waals surface area contributed by atoms with Gasteiger partial charge in [-0.1, -0.05) is 45.0 Å². The number of H-pyrrole nitrogens is 1. The number of benzene rings is 1. The zero-order chi connectivity index (χ0) is 13.2. The Morgan fingerprint density at radius 2 is 1.89 bits per heavy atom. The molecule has 0 aliphatic rings. The van der Waals surface area contributed by atoms with Crippen molar-refractivity contribution in [1.29, 1.82) is 5.26 Å². The highest BCUT2D eigenvalue weighted by atomic mass is 14.9. The maximum Gasteiger partial charge on any atom is 0.120 e. The van der Waals surface area contributed by atoms with Crippen molar-refractivity contribution >= 4 is 0 Å². The third kappa shape index (κ3) is 2.60. The van der Waals surface area contributed by atoms with Gasteiger partial charge in [0.1, 0.15) is 5.82 Å². The maximum absolute atomic E-state index is 8.62. The highest BCUT2D eigenvalue weighted by Gasteiger charge is 2.13. The number of aromatic amines is 1. The molecule has 18 heavy (non-hydrogen) atoms. The van der Waals surface area contributed by atoms with Crippen molar-refractivity contribution in [2.75, 3.05) is 0 Å². The first-order valence-electron chi connectivity index (χ1n) is 6.02. The average Bonchev–Trinajstić information content (AvgIpc) is 2.77. The Balaban J connectivity index is 2.26. The Kier molecular flexibility index (Phi) is 3.20. The van der Waals surface area contributed by atoms with Crippen LogP contribution in [0.5, 0.6) is 0 Å². The lowest BCUT2D eigenvalue weighted by Crippen LogP contribution is -2.10. The SMILES string of the molecule is CC(C)(C)c1ccc(-c2cnc(CC#N)[nH]2)cc1. The highest BCUT2D eigenvalue weighted by molar-refractivity contribution is 5.59. The fourth-order valence-electron chi connectivity index (χ4n) is 1.82. The number of imidazole rings is 1. The van der Waals surface area contributed by atoms with Gasteiger partial charge in [0.25, 0.3) is 0 Å². The number of hydrogen-bond acceptors (Lipinski definition) is 2. The topological polar surface area (TPSA) is 52.5 Å². The Morgan fingerprint density at radius 1 is 1.22 bits per heavy atom. The molecular weight excluding hydrogens is 222 g/mol. The molecule has 0 atom stereocenters. The molecule has 1 N–H and O–H groups in total. The van der Waals surface area contributed by atoms with E-state index in [1.54, 1.807) is 6.20 Å². The molecule has 0 spiro atoms. The summed E-state index contributed by atoms with van der Waals surface area (Å²) in [5.74, 6) is 0.715. The van der Waals surface area contributed by atoms with E-state index in [2.05, 4.69) is 61.1 Å². The predicted molar refractivity (Wildman–Crippen MR) is 72.0 cm³/mol. The lowest BCUT2D eigenvalue weighted by atomic mass is 9.86. The van der Waals surface area contributed by atoms with E-state index in [-0.39, 0.29) is 5.41 Å². The van der Waals surface area contributed by atoms with Crippen LogP contribution < -0.4 is 0 Å². The van der Waals surface area contributed by atoms with E-state index in [4.69, 9.17) is 5.26 Å². The lowest BCUT2D eigenvalue weighted by molar-refractivity contribution is 0.590. The molecule has 0 amide bonds. The number of hydrogen-bond donors (Lipinski definition) is 1. The molecule has 0 fully saturated rings. The van der Waals surface area contributed by atoms with Gasteiger partial charge < -0.3 is 4.98 Å². The number of nitriles is 1. The molecule has 1 aromatic carbocycles. The Bertz CT molecular complexity index is 565. The minimum absolute atomic E-state index is 0.165. The number of aromatic nitrogens is 2. The van der Waals surface area contributed by atoms with Crippen molar-refractivity contribution in [3.05, 3.63) is 41.9 Å². The van der Waals surface area contributed by atoms with Gasteiger partial charge >= 0.3 is 0 Å². The number of rotatable bonds is 2. The van der Waals surface area contributed by atoms with Gasteiger partial charge in [-0.2, -0.15) is 5.26 Å². The Labute approximate surface area is 107 Å². The third-order valence-corrected chi connectivity index (χ3v) is 2.94. The van der Waals surface area contributed by atoms with Gasteiger partial charge in [0, 0.05) is 0 Å². The van der Waals surface area contributed by atoms with E-state index in [9.17, 15) is 0 Å². The van der Waals surface area contributed by atoms with Gasteiger partial charge in [-0.3, -0.25) is 0 Å². The van der Waals surface area contributed by atoms with Crippen LogP contribution in [0.2, 0.25) is 0 Å². The molecule has 1 aromatic heterocycles. The van der Waals surface area contributed by atoms with E-state index in [1.165, 1.54) is 5.56 Å². The van der Waals surface area contributed by atoms with Gasteiger partial charge in [0.05, 0.1) is 24.4 Å². The maximum atomic E-state index is 8.62. The Morgan fingerprint density at radius 3 is 2.44 bits per heavy atom. The molecule has 3 heteroatoms. The largest absolute Gasteiger partial charge is 0.341 e. The van der Waals surface area contributed by atoms with Crippen molar-refractivity contribution in [3.8, 4) is 17.3 Å². The molecule has 0 aliphatic carbocycles. The second-order valence-corrected chi connectivity index (χ2v) is 5.41. The molecule has 0 saturated carbocycles. The Hall–Kier alpha value is -2.08. The van der Waals surface area contributed by atoms with E-state index < -0.39 is 0 Å². The summed E-state index contributed by atoms with van der Waals surface area (Å²) in [7, 11) is 0. The molecule has 1 heterocycles. The summed E-state index contributed by atoms with van der Waals surface area (Å²) in [5, 5.41) is 8.62. The number of nitrogens with one attached hydrogen (secondary N) is 1. The van der Waals surface area contributed by atoms with Crippen LogP contribution in [0, 0.1) is 11.3 Å². The molecule has 2 rings (SSSR count). The first kappa shape index (κ1) is 12.4. The molecule has 0 radical (unpaired) electrons. The second-order valence-electron chi connectivity index (χ2n) is 5.41. The van der Waals surface area contributed by atoms with Crippen LogP contribution in [0.4, 0.5) is 0 Å². The first-order chi connectivity index (χ1) is 8.50.